The van der Waals surface area contributed by atoms with Crippen LogP contribution in [0, 0.1) is 13.8 Å². The van der Waals surface area contributed by atoms with Gasteiger partial charge in [-0.05, 0) is 31.4 Å². The van der Waals surface area contributed by atoms with Crippen molar-refractivity contribution in [1.29, 1.82) is 0 Å². The first-order valence-electron chi connectivity index (χ1n) is 8.40. The predicted molar refractivity (Wildman–Crippen MR) is 106 cm³/mol. The third-order valence-corrected chi connectivity index (χ3v) is 4.90. The van der Waals surface area contributed by atoms with E-state index in [2.05, 4.69) is 5.32 Å². The number of allylic oxidation sites excluding steroid dienone is 1. The molecule has 0 bridgehead atoms. The average molecular weight is 376 g/mol. The Kier molecular flexibility index (Phi) is 7.10. The fourth-order valence-electron chi connectivity index (χ4n) is 2.55. The van der Waals surface area contributed by atoms with E-state index in [9.17, 15) is 4.79 Å². The second kappa shape index (κ2) is 9.07. The van der Waals surface area contributed by atoms with Crippen LogP contribution in [0.3, 0.4) is 0 Å². The lowest BCUT2D eigenvalue weighted by molar-refractivity contribution is -0.116. The molecule has 0 atom stereocenters. The van der Waals surface area contributed by atoms with Gasteiger partial charge in [-0.3, -0.25) is 4.79 Å². The molecule has 0 saturated heterocycles. The first-order valence-corrected chi connectivity index (χ1v) is 9.16. The Balaban J connectivity index is 2.48. The lowest BCUT2D eigenvalue weighted by atomic mass is 9.89. The molecule has 0 radical (unpaired) electrons. The van der Waals surface area contributed by atoms with Crippen molar-refractivity contribution in [1.82, 2.24) is 5.32 Å². The minimum Gasteiger partial charge on any atom is -0.351 e. The minimum atomic E-state index is -0.335. The van der Waals surface area contributed by atoms with Crippen LogP contribution >= 0.6 is 23.2 Å². The van der Waals surface area contributed by atoms with Gasteiger partial charge in [0, 0.05) is 12.5 Å². The van der Waals surface area contributed by atoms with Crippen molar-refractivity contribution in [3.8, 4) is 0 Å². The first-order chi connectivity index (χ1) is 11.9. The Hall–Kier alpha value is -1.77. The summed E-state index contributed by atoms with van der Waals surface area (Å²) in [5.74, 6) is -0.611. The smallest absolute Gasteiger partial charge is 0.264 e. The SMILES string of the molecule is CCCNC(=O)/C(Cl)=C(\Cl)C(c1ccc(C)cc1)c1ccc(C)cc1. The van der Waals surface area contributed by atoms with Crippen LogP contribution in [0.5, 0.6) is 0 Å². The molecular formula is C21H23Cl2NO. The number of hydrogen-bond acceptors (Lipinski definition) is 1. The molecular weight excluding hydrogens is 353 g/mol. The zero-order valence-corrected chi connectivity index (χ0v) is 16.3. The van der Waals surface area contributed by atoms with Crippen LogP contribution in [0.15, 0.2) is 58.6 Å². The zero-order chi connectivity index (χ0) is 18.4. The molecule has 0 aliphatic rings. The van der Waals surface area contributed by atoms with Gasteiger partial charge in [0.15, 0.2) is 0 Å². The quantitative estimate of drug-likeness (QED) is 0.649. The normalized spacial score (nSPS) is 12.1. The fraction of sp³-hybridized carbons (Fsp3) is 0.286. The van der Waals surface area contributed by atoms with Crippen molar-refractivity contribution >= 4 is 29.1 Å². The van der Waals surface area contributed by atoms with Crippen molar-refractivity contribution in [2.75, 3.05) is 6.54 Å². The van der Waals surface area contributed by atoms with Gasteiger partial charge in [0.1, 0.15) is 5.03 Å². The number of amides is 1. The van der Waals surface area contributed by atoms with E-state index in [0.29, 0.717) is 11.6 Å². The Morgan fingerprint density at radius 2 is 1.36 bits per heavy atom. The van der Waals surface area contributed by atoms with Crippen molar-refractivity contribution < 1.29 is 4.79 Å². The van der Waals surface area contributed by atoms with Crippen molar-refractivity contribution in [3.63, 3.8) is 0 Å². The predicted octanol–water partition coefficient (Wildman–Crippen LogP) is 5.65. The summed E-state index contributed by atoms with van der Waals surface area (Å²) in [6.45, 7) is 6.63. The van der Waals surface area contributed by atoms with Gasteiger partial charge in [-0.2, -0.15) is 0 Å². The third kappa shape index (κ3) is 5.10. The number of carbonyl (C=O) groups is 1. The molecule has 4 heteroatoms. The zero-order valence-electron chi connectivity index (χ0n) is 14.8. The van der Waals surface area contributed by atoms with E-state index in [-0.39, 0.29) is 16.9 Å². The lowest BCUT2D eigenvalue weighted by Gasteiger charge is -2.19. The summed E-state index contributed by atoms with van der Waals surface area (Å²) in [4.78, 5) is 12.2. The Labute approximate surface area is 159 Å². The van der Waals surface area contributed by atoms with Gasteiger partial charge < -0.3 is 5.32 Å². The number of benzene rings is 2. The van der Waals surface area contributed by atoms with Crippen LogP contribution in [-0.4, -0.2) is 12.5 Å². The number of nitrogens with one attached hydrogen (secondary N) is 1. The molecule has 2 aromatic carbocycles. The summed E-state index contributed by atoms with van der Waals surface area (Å²) >= 11 is 12.9. The highest BCUT2D eigenvalue weighted by molar-refractivity contribution is 6.48. The second-order valence-corrected chi connectivity index (χ2v) is 6.96. The van der Waals surface area contributed by atoms with E-state index in [1.54, 1.807) is 0 Å². The van der Waals surface area contributed by atoms with Gasteiger partial charge in [0.25, 0.3) is 5.91 Å². The highest BCUT2D eigenvalue weighted by atomic mass is 35.5. The minimum absolute atomic E-state index is 0.0428. The van der Waals surface area contributed by atoms with Crippen LogP contribution in [-0.2, 0) is 4.79 Å². The molecule has 0 fully saturated rings. The summed E-state index contributed by atoms with van der Waals surface area (Å²) in [6, 6.07) is 16.2. The van der Waals surface area contributed by atoms with E-state index in [4.69, 9.17) is 23.2 Å². The maximum atomic E-state index is 12.2. The average Bonchev–Trinajstić information content (AvgIpc) is 2.62. The largest absolute Gasteiger partial charge is 0.351 e. The lowest BCUT2D eigenvalue weighted by Crippen LogP contribution is -2.25. The van der Waals surface area contributed by atoms with E-state index in [0.717, 1.165) is 17.5 Å². The van der Waals surface area contributed by atoms with Gasteiger partial charge in [-0.25, -0.2) is 0 Å². The summed E-state index contributed by atoms with van der Waals surface area (Å²) < 4.78 is 0. The molecule has 2 aromatic rings. The number of hydrogen-bond donors (Lipinski definition) is 1. The Morgan fingerprint density at radius 3 is 1.76 bits per heavy atom. The molecule has 0 saturated carbocycles. The molecule has 0 aliphatic heterocycles. The summed E-state index contributed by atoms with van der Waals surface area (Å²) in [5.41, 5.74) is 4.33. The summed E-state index contributed by atoms with van der Waals surface area (Å²) in [6.07, 6.45) is 0.840. The van der Waals surface area contributed by atoms with E-state index < -0.39 is 0 Å². The van der Waals surface area contributed by atoms with Crippen molar-refractivity contribution in [3.05, 3.63) is 80.8 Å². The molecule has 0 aliphatic carbocycles. The van der Waals surface area contributed by atoms with Crippen molar-refractivity contribution in [2.45, 2.75) is 33.1 Å². The molecule has 0 heterocycles. The topological polar surface area (TPSA) is 29.1 Å². The molecule has 2 rings (SSSR count). The molecule has 0 spiro atoms. The standard InChI is InChI=1S/C21H23Cl2NO/c1-4-13-24-21(25)20(23)19(22)18(16-9-5-14(2)6-10-16)17-11-7-15(3)8-12-17/h5-12,18H,4,13H2,1-3H3,(H,24,25)/b20-19+. The highest BCUT2D eigenvalue weighted by Crippen LogP contribution is 2.37. The van der Waals surface area contributed by atoms with Gasteiger partial charge in [-0.1, -0.05) is 89.8 Å². The van der Waals surface area contributed by atoms with Gasteiger partial charge >= 0.3 is 0 Å². The molecule has 25 heavy (non-hydrogen) atoms. The van der Waals surface area contributed by atoms with Crippen LogP contribution in [0.4, 0.5) is 0 Å². The van der Waals surface area contributed by atoms with Crippen LogP contribution in [0.25, 0.3) is 0 Å². The monoisotopic (exact) mass is 375 g/mol. The molecule has 132 valence electrons. The molecule has 1 N–H and O–H groups in total. The second-order valence-electron chi connectivity index (χ2n) is 6.17. The Bertz CT molecular complexity index is 703. The maximum absolute atomic E-state index is 12.2. The first kappa shape index (κ1) is 19.6. The maximum Gasteiger partial charge on any atom is 0.264 e. The van der Waals surface area contributed by atoms with Gasteiger partial charge in [0.05, 0.1) is 5.03 Å². The van der Waals surface area contributed by atoms with Crippen LogP contribution in [0.1, 0.15) is 41.5 Å². The molecule has 1 amide bonds. The fourth-order valence-corrected chi connectivity index (χ4v) is 3.07. The summed E-state index contributed by atoms with van der Waals surface area (Å²) in [5, 5.41) is 3.15. The number of halogens is 2. The van der Waals surface area contributed by atoms with E-state index in [1.807, 2.05) is 69.3 Å². The third-order valence-electron chi connectivity index (χ3n) is 4.02. The van der Waals surface area contributed by atoms with Gasteiger partial charge in [0.2, 0.25) is 0 Å². The highest BCUT2D eigenvalue weighted by Gasteiger charge is 2.23. The van der Waals surface area contributed by atoms with Crippen LogP contribution < -0.4 is 5.32 Å². The van der Waals surface area contributed by atoms with Crippen LogP contribution in [0.2, 0.25) is 0 Å². The Morgan fingerprint density at radius 1 is 0.920 bits per heavy atom. The summed E-state index contributed by atoms with van der Waals surface area (Å²) in [7, 11) is 0. The van der Waals surface area contributed by atoms with E-state index >= 15 is 0 Å². The molecule has 0 unspecified atom stereocenters. The van der Waals surface area contributed by atoms with Gasteiger partial charge in [-0.15, -0.1) is 0 Å². The van der Waals surface area contributed by atoms with Crippen molar-refractivity contribution in [2.24, 2.45) is 0 Å². The number of carbonyl (C=O) groups excluding carboxylic acids is 1. The number of aryl methyl sites for hydroxylation is 2. The molecule has 2 nitrogen and oxygen atoms in total. The number of rotatable bonds is 6. The van der Waals surface area contributed by atoms with E-state index in [1.165, 1.54) is 11.1 Å². The molecule has 0 aromatic heterocycles.